The Kier molecular flexibility index (Phi) is 7.69. The number of hydrogen-bond donors (Lipinski definition) is 3. The number of epoxide rings is 1. The molecule has 2 heterocycles. The molecular formula is C27H31N3O6. The first kappa shape index (κ1) is 25.4. The predicted octanol–water partition coefficient (Wildman–Crippen LogP) is 1.09. The van der Waals surface area contributed by atoms with Gasteiger partial charge < -0.3 is 25.4 Å². The summed E-state index contributed by atoms with van der Waals surface area (Å²) in [6.45, 7) is 2.01. The maximum Gasteiger partial charge on any atom is 0.243 e. The van der Waals surface area contributed by atoms with Gasteiger partial charge in [0.2, 0.25) is 17.7 Å². The molecule has 9 nitrogen and oxygen atoms in total. The second kappa shape index (κ2) is 10.9. The summed E-state index contributed by atoms with van der Waals surface area (Å²) in [6, 6.07) is 14.1. The molecule has 2 saturated heterocycles. The summed E-state index contributed by atoms with van der Waals surface area (Å²) >= 11 is 0. The Morgan fingerprint density at radius 2 is 1.67 bits per heavy atom. The standard InChI is InChI=1S/C27H31N3O6/c1-27(16-36-27)24(32)21(14-17-6-4-3-5-7-17)29-26(34)22(15-18-8-10-19(35-2)11-9-18)30-25(33)20-12-13-23(31)28-20/h3-11,20-22H,12-16H2,1-2H3,(H,28,31)(H,29,34)(H,30,33)/t20-,21-,22-,27+/m0/s1. The molecule has 36 heavy (non-hydrogen) atoms. The number of hydrogen-bond acceptors (Lipinski definition) is 6. The van der Waals surface area contributed by atoms with Gasteiger partial charge in [0.25, 0.3) is 0 Å². The Hall–Kier alpha value is -3.72. The number of benzene rings is 2. The lowest BCUT2D eigenvalue weighted by atomic mass is 9.94. The Balaban J connectivity index is 1.53. The van der Waals surface area contributed by atoms with Crippen molar-refractivity contribution in [3.63, 3.8) is 0 Å². The van der Waals surface area contributed by atoms with Crippen LogP contribution in [-0.4, -0.2) is 60.9 Å². The number of carbonyl (C=O) groups excluding carboxylic acids is 4. The lowest BCUT2D eigenvalue weighted by Gasteiger charge is -2.25. The van der Waals surface area contributed by atoms with E-state index in [1.807, 2.05) is 42.5 Å². The third kappa shape index (κ3) is 6.28. The third-order valence-corrected chi connectivity index (χ3v) is 6.56. The zero-order valence-corrected chi connectivity index (χ0v) is 20.4. The highest BCUT2D eigenvalue weighted by molar-refractivity contribution is 5.99. The fourth-order valence-corrected chi connectivity index (χ4v) is 4.24. The van der Waals surface area contributed by atoms with Crippen LogP contribution in [-0.2, 0) is 36.8 Å². The molecule has 4 rings (SSSR count). The van der Waals surface area contributed by atoms with E-state index in [1.165, 1.54) is 0 Å². The van der Waals surface area contributed by atoms with E-state index in [-0.39, 0.29) is 24.5 Å². The Morgan fingerprint density at radius 1 is 1.03 bits per heavy atom. The molecule has 2 aliphatic heterocycles. The predicted molar refractivity (Wildman–Crippen MR) is 131 cm³/mol. The fraction of sp³-hybridized carbons (Fsp3) is 0.407. The van der Waals surface area contributed by atoms with Crippen LogP contribution < -0.4 is 20.7 Å². The number of nitrogens with one attached hydrogen (secondary N) is 3. The SMILES string of the molecule is COc1ccc(C[C@H](NC(=O)[C@@H]2CCC(=O)N2)C(=O)N[C@@H](Cc2ccccc2)C(=O)[C@@]2(C)CO2)cc1. The van der Waals surface area contributed by atoms with E-state index >= 15 is 0 Å². The highest BCUT2D eigenvalue weighted by Crippen LogP contribution is 2.29. The summed E-state index contributed by atoms with van der Waals surface area (Å²) in [5.74, 6) is -0.654. The first-order valence-electron chi connectivity index (χ1n) is 12.0. The molecule has 9 heteroatoms. The lowest BCUT2D eigenvalue weighted by Crippen LogP contribution is -2.56. The van der Waals surface area contributed by atoms with Gasteiger partial charge in [-0.2, -0.15) is 0 Å². The summed E-state index contributed by atoms with van der Waals surface area (Å²) in [6.07, 6.45) is 1.13. The minimum absolute atomic E-state index is 0.197. The van der Waals surface area contributed by atoms with Gasteiger partial charge in [-0.3, -0.25) is 19.2 Å². The highest BCUT2D eigenvalue weighted by atomic mass is 16.6. The quantitative estimate of drug-likeness (QED) is 0.402. The van der Waals surface area contributed by atoms with Gasteiger partial charge in [0.15, 0.2) is 5.78 Å². The molecule has 0 unspecified atom stereocenters. The van der Waals surface area contributed by atoms with Crippen LogP contribution in [0.5, 0.6) is 5.75 Å². The summed E-state index contributed by atoms with van der Waals surface area (Å²) in [7, 11) is 1.56. The first-order chi connectivity index (χ1) is 17.3. The minimum atomic E-state index is -0.956. The molecule has 3 amide bonds. The number of Topliss-reactive ketones (excluding diaryl/α,β-unsaturated/α-hetero) is 1. The van der Waals surface area contributed by atoms with Gasteiger partial charge in [0.1, 0.15) is 23.4 Å². The molecule has 190 valence electrons. The molecule has 4 atom stereocenters. The molecule has 0 bridgehead atoms. The van der Waals surface area contributed by atoms with Crippen molar-refractivity contribution >= 4 is 23.5 Å². The molecule has 2 aliphatic rings. The Labute approximate surface area is 209 Å². The van der Waals surface area contributed by atoms with Crippen molar-refractivity contribution < 1.29 is 28.7 Å². The first-order valence-corrected chi connectivity index (χ1v) is 12.0. The smallest absolute Gasteiger partial charge is 0.243 e. The average Bonchev–Trinajstić information content (AvgIpc) is 3.49. The monoisotopic (exact) mass is 493 g/mol. The van der Waals surface area contributed by atoms with Crippen molar-refractivity contribution in [3.05, 3.63) is 65.7 Å². The van der Waals surface area contributed by atoms with Gasteiger partial charge in [0, 0.05) is 12.8 Å². The number of ether oxygens (including phenoxy) is 2. The molecule has 2 aromatic rings. The van der Waals surface area contributed by atoms with Crippen LogP contribution in [0.4, 0.5) is 0 Å². The van der Waals surface area contributed by atoms with Crippen molar-refractivity contribution in [1.82, 2.24) is 16.0 Å². The van der Waals surface area contributed by atoms with Crippen LogP contribution >= 0.6 is 0 Å². The Bertz CT molecular complexity index is 1110. The zero-order chi connectivity index (χ0) is 25.7. The van der Waals surface area contributed by atoms with Crippen LogP contribution in [0.3, 0.4) is 0 Å². The zero-order valence-electron chi connectivity index (χ0n) is 20.4. The van der Waals surface area contributed by atoms with Gasteiger partial charge in [0.05, 0.1) is 19.8 Å². The van der Waals surface area contributed by atoms with Crippen LogP contribution in [0.2, 0.25) is 0 Å². The van der Waals surface area contributed by atoms with Crippen molar-refractivity contribution in [2.45, 2.75) is 56.3 Å². The van der Waals surface area contributed by atoms with Crippen LogP contribution in [0, 0.1) is 0 Å². The van der Waals surface area contributed by atoms with Crippen molar-refractivity contribution in [2.24, 2.45) is 0 Å². The van der Waals surface area contributed by atoms with Gasteiger partial charge in [-0.15, -0.1) is 0 Å². The van der Waals surface area contributed by atoms with E-state index in [2.05, 4.69) is 16.0 Å². The minimum Gasteiger partial charge on any atom is -0.497 e. The van der Waals surface area contributed by atoms with Gasteiger partial charge >= 0.3 is 0 Å². The summed E-state index contributed by atoms with van der Waals surface area (Å²) < 4.78 is 10.6. The maximum atomic E-state index is 13.5. The maximum absolute atomic E-state index is 13.5. The molecule has 0 radical (unpaired) electrons. The van der Waals surface area contributed by atoms with Crippen LogP contribution in [0.15, 0.2) is 54.6 Å². The van der Waals surface area contributed by atoms with E-state index in [0.29, 0.717) is 25.2 Å². The summed E-state index contributed by atoms with van der Waals surface area (Å²) in [5.41, 5.74) is 0.773. The van der Waals surface area contributed by atoms with E-state index in [1.54, 1.807) is 26.2 Å². The summed E-state index contributed by atoms with van der Waals surface area (Å²) in [4.78, 5) is 51.2. The van der Waals surface area contributed by atoms with E-state index < -0.39 is 35.5 Å². The molecule has 3 N–H and O–H groups in total. The molecule has 2 aromatic carbocycles. The largest absolute Gasteiger partial charge is 0.497 e. The average molecular weight is 494 g/mol. The summed E-state index contributed by atoms with van der Waals surface area (Å²) in [5, 5.41) is 8.27. The normalized spacial score (nSPS) is 22.2. The number of amides is 3. The van der Waals surface area contributed by atoms with Crippen molar-refractivity contribution in [2.75, 3.05) is 13.7 Å². The van der Waals surface area contributed by atoms with Crippen molar-refractivity contribution in [3.8, 4) is 5.75 Å². The number of rotatable bonds is 11. The molecule has 0 spiro atoms. The Morgan fingerprint density at radius 3 is 2.25 bits per heavy atom. The number of methoxy groups -OCH3 is 1. The number of ketones is 1. The second-order valence-corrected chi connectivity index (χ2v) is 9.41. The molecule has 2 fully saturated rings. The molecule has 0 aliphatic carbocycles. The second-order valence-electron chi connectivity index (χ2n) is 9.41. The number of carbonyl (C=O) groups is 4. The third-order valence-electron chi connectivity index (χ3n) is 6.56. The van der Waals surface area contributed by atoms with Gasteiger partial charge in [-0.25, -0.2) is 0 Å². The van der Waals surface area contributed by atoms with E-state index in [9.17, 15) is 19.2 Å². The molecule has 0 saturated carbocycles. The highest BCUT2D eigenvalue weighted by Gasteiger charge is 2.50. The van der Waals surface area contributed by atoms with Gasteiger partial charge in [-0.1, -0.05) is 42.5 Å². The fourth-order valence-electron chi connectivity index (χ4n) is 4.24. The van der Waals surface area contributed by atoms with Crippen molar-refractivity contribution in [1.29, 1.82) is 0 Å². The molecular weight excluding hydrogens is 462 g/mol. The van der Waals surface area contributed by atoms with E-state index in [4.69, 9.17) is 9.47 Å². The van der Waals surface area contributed by atoms with Gasteiger partial charge in [-0.05, 0) is 43.0 Å². The van der Waals surface area contributed by atoms with Crippen LogP contribution in [0.1, 0.15) is 30.9 Å². The van der Waals surface area contributed by atoms with E-state index in [0.717, 1.165) is 11.1 Å². The van der Waals surface area contributed by atoms with Crippen LogP contribution in [0.25, 0.3) is 0 Å². The molecule has 0 aromatic heterocycles. The topological polar surface area (TPSA) is 126 Å². The lowest BCUT2D eigenvalue weighted by molar-refractivity contribution is -0.133.